The lowest BCUT2D eigenvalue weighted by atomic mass is 9.89. The lowest BCUT2D eigenvalue weighted by Gasteiger charge is -2.34. The summed E-state index contributed by atoms with van der Waals surface area (Å²) in [6, 6.07) is 15.4. The molecule has 28 heavy (non-hydrogen) atoms. The zero-order chi connectivity index (χ0) is 19.5. The Morgan fingerprint density at radius 3 is 2.43 bits per heavy atom. The second-order valence-electron chi connectivity index (χ2n) is 7.83. The van der Waals surface area contributed by atoms with Crippen molar-refractivity contribution in [1.29, 1.82) is 0 Å². The van der Waals surface area contributed by atoms with Crippen molar-refractivity contribution >= 4 is 17.3 Å². The highest BCUT2D eigenvalue weighted by Gasteiger charge is 2.28. The van der Waals surface area contributed by atoms with Gasteiger partial charge in [-0.15, -0.1) is 0 Å². The molecule has 6 nitrogen and oxygen atoms in total. The first-order valence-electron chi connectivity index (χ1n) is 9.98. The summed E-state index contributed by atoms with van der Waals surface area (Å²) in [5.74, 6) is 0.424. The van der Waals surface area contributed by atoms with Gasteiger partial charge >= 0.3 is 0 Å². The third-order valence-corrected chi connectivity index (χ3v) is 5.67. The molecule has 0 aromatic heterocycles. The summed E-state index contributed by atoms with van der Waals surface area (Å²) >= 11 is 0. The molecule has 0 radical (unpaired) electrons. The molecule has 1 saturated heterocycles. The van der Waals surface area contributed by atoms with E-state index >= 15 is 0 Å². The molecular weight excluding hydrogens is 354 g/mol. The monoisotopic (exact) mass is 379 g/mol. The molecule has 4 rings (SSSR count). The van der Waals surface area contributed by atoms with E-state index in [4.69, 9.17) is 0 Å². The van der Waals surface area contributed by atoms with Crippen LogP contribution in [0.1, 0.15) is 41.6 Å². The number of carbonyl (C=O) groups is 1. The number of non-ortho nitro benzene ring substituents is 1. The second-order valence-corrected chi connectivity index (χ2v) is 7.83. The van der Waals surface area contributed by atoms with Gasteiger partial charge in [-0.05, 0) is 49.7 Å². The third kappa shape index (κ3) is 4.32. The number of benzene rings is 2. The van der Waals surface area contributed by atoms with Gasteiger partial charge in [0.2, 0.25) is 0 Å². The van der Waals surface area contributed by atoms with Gasteiger partial charge in [-0.25, -0.2) is 0 Å². The molecule has 2 aromatic rings. The van der Waals surface area contributed by atoms with Gasteiger partial charge in [-0.3, -0.25) is 14.9 Å². The zero-order valence-corrected chi connectivity index (χ0v) is 15.8. The molecule has 1 amide bonds. The number of hydrogen-bond acceptors (Lipinski definition) is 4. The number of amides is 1. The Hall–Kier alpha value is -2.89. The van der Waals surface area contributed by atoms with Crippen LogP contribution in [0.2, 0.25) is 0 Å². The molecule has 1 N–H and O–H groups in total. The average Bonchev–Trinajstić information content (AvgIpc) is 3.53. The molecule has 0 bridgehead atoms. The Labute approximate surface area is 164 Å². The molecule has 6 heteroatoms. The lowest BCUT2D eigenvalue weighted by molar-refractivity contribution is -0.384. The lowest BCUT2D eigenvalue weighted by Crippen LogP contribution is -2.36. The first kappa shape index (κ1) is 18.5. The fourth-order valence-electron chi connectivity index (χ4n) is 3.91. The highest BCUT2D eigenvalue weighted by Crippen LogP contribution is 2.31. The molecular formula is C22H25N3O3. The van der Waals surface area contributed by atoms with E-state index in [0.717, 1.165) is 50.9 Å². The maximum absolute atomic E-state index is 12.7. The third-order valence-electron chi connectivity index (χ3n) is 5.67. The van der Waals surface area contributed by atoms with E-state index in [-0.39, 0.29) is 17.6 Å². The van der Waals surface area contributed by atoms with Crippen molar-refractivity contribution in [2.24, 2.45) is 5.92 Å². The van der Waals surface area contributed by atoms with Gasteiger partial charge in [0.1, 0.15) is 0 Å². The molecule has 0 spiro atoms. The molecule has 1 aliphatic carbocycles. The van der Waals surface area contributed by atoms with E-state index in [1.807, 2.05) is 6.07 Å². The van der Waals surface area contributed by atoms with Crippen LogP contribution in [0, 0.1) is 16.0 Å². The Morgan fingerprint density at radius 2 is 1.79 bits per heavy atom. The van der Waals surface area contributed by atoms with E-state index in [9.17, 15) is 14.9 Å². The van der Waals surface area contributed by atoms with Crippen molar-refractivity contribution in [2.75, 3.05) is 18.0 Å². The number of carbonyl (C=O) groups excluding carboxylic acids is 1. The fourth-order valence-corrected chi connectivity index (χ4v) is 3.91. The molecule has 1 heterocycles. The zero-order valence-electron chi connectivity index (χ0n) is 15.8. The molecule has 146 valence electrons. The summed E-state index contributed by atoms with van der Waals surface area (Å²) in [5.41, 5.74) is 2.55. The molecule has 2 aliphatic rings. The number of nitro benzene ring substituents is 1. The highest BCUT2D eigenvalue weighted by atomic mass is 16.6. The summed E-state index contributed by atoms with van der Waals surface area (Å²) in [5, 5.41) is 14.1. The minimum Gasteiger partial charge on any atom is -0.371 e. The number of nitro groups is 1. The number of rotatable bonds is 6. The first-order chi connectivity index (χ1) is 13.6. The molecule has 0 unspecified atom stereocenters. The predicted octanol–water partition coefficient (Wildman–Crippen LogP) is 3.95. The van der Waals surface area contributed by atoms with Crippen LogP contribution in [0.25, 0.3) is 0 Å². The second kappa shape index (κ2) is 8.00. The predicted molar refractivity (Wildman–Crippen MR) is 109 cm³/mol. The van der Waals surface area contributed by atoms with E-state index in [1.165, 1.54) is 17.7 Å². The SMILES string of the molecule is O=C(NC1CC1)c1cc([N+](=O)[O-])ccc1N1CCC(Cc2ccccc2)CC1. The van der Waals surface area contributed by atoms with Crippen molar-refractivity contribution in [3.05, 3.63) is 69.8 Å². The average molecular weight is 379 g/mol. The van der Waals surface area contributed by atoms with Crippen LogP contribution in [-0.4, -0.2) is 30.0 Å². The van der Waals surface area contributed by atoms with E-state index in [0.29, 0.717) is 11.5 Å². The van der Waals surface area contributed by atoms with Crippen molar-refractivity contribution in [3.63, 3.8) is 0 Å². The van der Waals surface area contributed by atoms with Crippen molar-refractivity contribution in [2.45, 2.75) is 38.1 Å². The van der Waals surface area contributed by atoms with Crippen LogP contribution < -0.4 is 10.2 Å². The van der Waals surface area contributed by atoms with Gasteiger partial charge in [0, 0.05) is 31.3 Å². The van der Waals surface area contributed by atoms with Gasteiger partial charge in [0.25, 0.3) is 11.6 Å². The smallest absolute Gasteiger partial charge is 0.270 e. The van der Waals surface area contributed by atoms with Crippen LogP contribution in [0.5, 0.6) is 0 Å². The molecule has 1 saturated carbocycles. The molecule has 2 fully saturated rings. The molecule has 1 aliphatic heterocycles. The number of anilines is 1. The van der Waals surface area contributed by atoms with Gasteiger partial charge in [0.15, 0.2) is 0 Å². The van der Waals surface area contributed by atoms with Crippen LogP contribution in [0.3, 0.4) is 0 Å². The normalized spacial score (nSPS) is 17.4. The van der Waals surface area contributed by atoms with Gasteiger partial charge in [-0.2, -0.15) is 0 Å². The molecule has 0 atom stereocenters. The minimum atomic E-state index is -0.441. The van der Waals surface area contributed by atoms with Crippen molar-refractivity contribution in [1.82, 2.24) is 5.32 Å². The summed E-state index contributed by atoms with van der Waals surface area (Å²) in [6.07, 6.45) is 5.15. The highest BCUT2D eigenvalue weighted by molar-refractivity contribution is 6.00. The van der Waals surface area contributed by atoms with Gasteiger partial charge in [0.05, 0.1) is 16.2 Å². The number of nitrogens with zero attached hydrogens (tertiary/aromatic N) is 2. The fraction of sp³-hybridized carbons (Fsp3) is 0.409. The Bertz CT molecular complexity index is 857. The van der Waals surface area contributed by atoms with Crippen molar-refractivity contribution < 1.29 is 9.72 Å². The maximum Gasteiger partial charge on any atom is 0.270 e. The maximum atomic E-state index is 12.7. The number of hydrogen-bond donors (Lipinski definition) is 1. The summed E-state index contributed by atoms with van der Waals surface area (Å²) in [4.78, 5) is 25.6. The van der Waals surface area contributed by atoms with Crippen LogP contribution in [0.15, 0.2) is 48.5 Å². The summed E-state index contributed by atoms with van der Waals surface area (Å²) in [7, 11) is 0. The van der Waals surface area contributed by atoms with Crippen molar-refractivity contribution in [3.8, 4) is 0 Å². The van der Waals surface area contributed by atoms with Crippen LogP contribution in [-0.2, 0) is 6.42 Å². The standard InChI is InChI=1S/C22H25N3O3/c26-22(23-18-6-7-18)20-15-19(25(27)28)8-9-21(20)24-12-10-17(11-13-24)14-16-4-2-1-3-5-16/h1-5,8-9,15,17-18H,6-7,10-14H2,(H,23,26). The number of piperidine rings is 1. The first-order valence-corrected chi connectivity index (χ1v) is 9.98. The minimum absolute atomic E-state index is 0.0383. The topological polar surface area (TPSA) is 75.5 Å². The Balaban J connectivity index is 1.47. The van der Waals surface area contributed by atoms with E-state index in [2.05, 4.69) is 34.5 Å². The number of nitrogens with one attached hydrogen (secondary N) is 1. The quantitative estimate of drug-likeness (QED) is 0.609. The summed E-state index contributed by atoms with van der Waals surface area (Å²) < 4.78 is 0. The van der Waals surface area contributed by atoms with Gasteiger partial charge in [-0.1, -0.05) is 30.3 Å². The largest absolute Gasteiger partial charge is 0.371 e. The van der Waals surface area contributed by atoms with Crippen LogP contribution in [0.4, 0.5) is 11.4 Å². The van der Waals surface area contributed by atoms with E-state index < -0.39 is 4.92 Å². The van der Waals surface area contributed by atoms with Crippen LogP contribution >= 0.6 is 0 Å². The summed E-state index contributed by atoms with van der Waals surface area (Å²) in [6.45, 7) is 1.72. The molecule has 2 aromatic carbocycles. The van der Waals surface area contributed by atoms with E-state index in [1.54, 1.807) is 6.07 Å². The Morgan fingerprint density at radius 1 is 1.07 bits per heavy atom. The Kier molecular flexibility index (Phi) is 5.28. The van der Waals surface area contributed by atoms with Gasteiger partial charge < -0.3 is 10.2 Å².